The van der Waals surface area contributed by atoms with Crippen molar-refractivity contribution in [3.8, 4) is 5.75 Å². The van der Waals surface area contributed by atoms with Gasteiger partial charge in [0.15, 0.2) is 5.60 Å². The molecular weight excluding hydrogens is 532 g/mol. The van der Waals surface area contributed by atoms with E-state index in [1.54, 1.807) is 25.9 Å². The third-order valence-corrected chi connectivity index (χ3v) is 8.93. The van der Waals surface area contributed by atoms with Crippen LogP contribution in [0.3, 0.4) is 0 Å². The average molecular weight is 575 g/mol. The van der Waals surface area contributed by atoms with Crippen LogP contribution in [0.15, 0.2) is 48.5 Å². The Balaban J connectivity index is 1.16. The molecule has 9 nitrogen and oxygen atoms in total. The van der Waals surface area contributed by atoms with Crippen molar-refractivity contribution in [1.29, 1.82) is 0 Å². The summed E-state index contributed by atoms with van der Waals surface area (Å²) in [6.07, 6.45) is 4.05. The standard InChI is InChI=1S/C33H42N4O5/c1-33(2)32(40)36(14-7-15-41-3)28-17-25(12-13-29(28)42-33)37(24-10-11-24)31(39)23-16-22(19-34-20-23)30(38)35-27-18-26(27)21-8-5-4-6-9-21/h4-6,8-9,12-13,17,22-24,26-27,34H,7,10-11,14-16,18-20H2,1-3H3,(H,35,38)/t22-,23+,26+,27-/m0/s1. The van der Waals surface area contributed by atoms with Gasteiger partial charge in [-0.3, -0.25) is 14.4 Å². The van der Waals surface area contributed by atoms with Crippen LogP contribution in [0.2, 0.25) is 0 Å². The molecule has 3 fully saturated rings. The second-order valence-electron chi connectivity index (χ2n) is 12.7. The van der Waals surface area contributed by atoms with Gasteiger partial charge in [-0.25, -0.2) is 0 Å². The summed E-state index contributed by atoms with van der Waals surface area (Å²) in [4.78, 5) is 44.3. The molecule has 4 aliphatic rings. The van der Waals surface area contributed by atoms with Gasteiger partial charge in [-0.1, -0.05) is 30.3 Å². The van der Waals surface area contributed by atoms with E-state index < -0.39 is 5.60 Å². The van der Waals surface area contributed by atoms with E-state index in [0.717, 1.165) is 24.9 Å². The smallest absolute Gasteiger partial charge is 0.270 e. The molecule has 1 saturated heterocycles. The lowest BCUT2D eigenvalue weighted by Crippen LogP contribution is -2.53. The fourth-order valence-corrected chi connectivity index (χ4v) is 6.40. The second-order valence-corrected chi connectivity index (χ2v) is 12.7. The number of ether oxygens (including phenoxy) is 2. The minimum atomic E-state index is -0.974. The molecule has 3 amide bonds. The van der Waals surface area contributed by atoms with E-state index in [0.29, 0.717) is 56.4 Å². The zero-order valence-electron chi connectivity index (χ0n) is 24.8. The van der Waals surface area contributed by atoms with Gasteiger partial charge in [0, 0.05) is 57.0 Å². The summed E-state index contributed by atoms with van der Waals surface area (Å²) in [5.74, 6) is 0.403. The Bertz CT molecular complexity index is 1330. The van der Waals surface area contributed by atoms with Gasteiger partial charge in [-0.2, -0.15) is 0 Å². The summed E-state index contributed by atoms with van der Waals surface area (Å²) in [5, 5.41) is 6.59. The van der Waals surface area contributed by atoms with Crippen LogP contribution in [0.5, 0.6) is 5.75 Å². The molecule has 2 N–H and O–H groups in total. The maximum absolute atomic E-state index is 14.1. The van der Waals surface area contributed by atoms with Crippen molar-refractivity contribution in [2.45, 2.75) is 69.6 Å². The number of nitrogens with one attached hydrogen (secondary N) is 2. The number of hydrogen-bond acceptors (Lipinski definition) is 6. The Hall–Kier alpha value is -3.43. The summed E-state index contributed by atoms with van der Waals surface area (Å²) >= 11 is 0. The van der Waals surface area contributed by atoms with Crippen LogP contribution in [0.25, 0.3) is 0 Å². The number of piperidine rings is 1. The van der Waals surface area contributed by atoms with Gasteiger partial charge in [0.25, 0.3) is 5.91 Å². The molecule has 224 valence electrons. The maximum atomic E-state index is 14.1. The lowest BCUT2D eigenvalue weighted by atomic mass is 9.88. The van der Waals surface area contributed by atoms with Crippen molar-refractivity contribution in [3.63, 3.8) is 0 Å². The summed E-state index contributed by atoms with van der Waals surface area (Å²) in [5.41, 5.74) is 1.74. The first-order chi connectivity index (χ1) is 20.3. The normalized spacial score (nSPS) is 26.2. The lowest BCUT2D eigenvalue weighted by Gasteiger charge is -2.39. The Morgan fingerprint density at radius 1 is 1.10 bits per heavy atom. The molecule has 2 aromatic rings. The topological polar surface area (TPSA) is 100 Å². The van der Waals surface area contributed by atoms with E-state index in [1.807, 2.05) is 41.3 Å². The van der Waals surface area contributed by atoms with Gasteiger partial charge in [0.05, 0.1) is 17.5 Å². The average Bonchev–Trinajstić information content (AvgIpc) is 3.93. The molecule has 0 aromatic heterocycles. The van der Waals surface area contributed by atoms with Crippen LogP contribution in [-0.4, -0.2) is 68.8 Å². The molecule has 4 atom stereocenters. The van der Waals surface area contributed by atoms with Crippen LogP contribution in [-0.2, 0) is 19.1 Å². The molecular formula is C33H42N4O5. The van der Waals surface area contributed by atoms with Gasteiger partial charge in [0.2, 0.25) is 11.8 Å². The number of carbonyl (C=O) groups excluding carboxylic acids is 3. The highest BCUT2D eigenvalue weighted by atomic mass is 16.5. The van der Waals surface area contributed by atoms with Crippen molar-refractivity contribution in [2.75, 3.05) is 43.2 Å². The molecule has 0 radical (unpaired) electrons. The summed E-state index contributed by atoms with van der Waals surface area (Å²) in [6, 6.07) is 16.3. The maximum Gasteiger partial charge on any atom is 0.270 e. The molecule has 2 aliphatic heterocycles. The van der Waals surface area contributed by atoms with Crippen molar-refractivity contribution in [3.05, 3.63) is 54.1 Å². The zero-order valence-corrected chi connectivity index (χ0v) is 24.8. The Morgan fingerprint density at radius 2 is 1.86 bits per heavy atom. The number of rotatable bonds is 10. The number of nitrogens with zero attached hydrogens (tertiary/aromatic N) is 2. The molecule has 9 heteroatoms. The summed E-state index contributed by atoms with van der Waals surface area (Å²) in [6.45, 7) is 5.73. The molecule has 6 rings (SSSR count). The minimum Gasteiger partial charge on any atom is -0.476 e. The van der Waals surface area contributed by atoms with Crippen LogP contribution in [0.1, 0.15) is 57.4 Å². The first-order valence-electron chi connectivity index (χ1n) is 15.3. The van der Waals surface area contributed by atoms with E-state index in [2.05, 4.69) is 22.8 Å². The molecule has 2 aromatic carbocycles. The quantitative estimate of drug-likeness (QED) is 0.421. The highest BCUT2D eigenvalue weighted by molar-refractivity contribution is 6.04. The third kappa shape index (κ3) is 5.90. The number of hydrogen-bond donors (Lipinski definition) is 2. The van der Waals surface area contributed by atoms with E-state index in [-0.39, 0.29) is 41.6 Å². The van der Waals surface area contributed by atoms with Gasteiger partial charge >= 0.3 is 0 Å². The van der Waals surface area contributed by atoms with Gasteiger partial charge in [0.1, 0.15) is 5.75 Å². The van der Waals surface area contributed by atoms with Crippen molar-refractivity contribution in [2.24, 2.45) is 11.8 Å². The summed E-state index contributed by atoms with van der Waals surface area (Å²) < 4.78 is 11.3. The molecule has 2 saturated carbocycles. The number of anilines is 2. The first kappa shape index (κ1) is 28.7. The van der Waals surface area contributed by atoms with E-state index in [1.165, 1.54) is 5.56 Å². The zero-order chi connectivity index (χ0) is 29.4. The van der Waals surface area contributed by atoms with Gasteiger partial charge in [-0.05, 0) is 69.7 Å². The Labute approximate surface area is 247 Å². The second kappa shape index (κ2) is 11.7. The molecule has 42 heavy (non-hydrogen) atoms. The fourth-order valence-electron chi connectivity index (χ4n) is 6.40. The van der Waals surface area contributed by atoms with Crippen LogP contribution in [0.4, 0.5) is 11.4 Å². The molecule has 2 heterocycles. The van der Waals surface area contributed by atoms with Crippen LogP contribution in [0, 0.1) is 11.8 Å². The number of benzene rings is 2. The number of fused-ring (bicyclic) bond motifs is 1. The molecule has 0 unspecified atom stereocenters. The minimum absolute atomic E-state index is 0.0279. The van der Waals surface area contributed by atoms with Crippen LogP contribution >= 0.6 is 0 Å². The van der Waals surface area contributed by atoms with E-state index >= 15 is 0 Å². The highest BCUT2D eigenvalue weighted by Crippen LogP contribution is 2.43. The van der Waals surface area contributed by atoms with Crippen molar-refractivity contribution in [1.82, 2.24) is 10.6 Å². The van der Waals surface area contributed by atoms with E-state index in [4.69, 9.17) is 9.47 Å². The van der Waals surface area contributed by atoms with Crippen molar-refractivity contribution >= 4 is 29.1 Å². The summed E-state index contributed by atoms with van der Waals surface area (Å²) in [7, 11) is 1.65. The van der Waals surface area contributed by atoms with Crippen LogP contribution < -0.4 is 25.2 Å². The largest absolute Gasteiger partial charge is 0.476 e. The first-order valence-corrected chi connectivity index (χ1v) is 15.3. The van der Waals surface area contributed by atoms with E-state index in [9.17, 15) is 14.4 Å². The predicted molar refractivity (Wildman–Crippen MR) is 161 cm³/mol. The predicted octanol–water partition coefficient (Wildman–Crippen LogP) is 3.62. The van der Waals surface area contributed by atoms with Gasteiger partial charge in [-0.15, -0.1) is 0 Å². The number of methoxy groups -OCH3 is 1. The number of carbonyl (C=O) groups is 3. The Morgan fingerprint density at radius 3 is 2.60 bits per heavy atom. The highest BCUT2D eigenvalue weighted by Gasteiger charge is 2.44. The monoisotopic (exact) mass is 574 g/mol. The van der Waals surface area contributed by atoms with Crippen molar-refractivity contribution < 1.29 is 23.9 Å². The number of amides is 3. The third-order valence-electron chi connectivity index (χ3n) is 8.93. The SMILES string of the molecule is COCCCN1C(=O)C(C)(C)Oc2ccc(N(C(=O)[C@H]3CNC[C@@H](C(=O)N[C@H]4C[C@@H]4c4ccccc4)C3)C3CC3)cc21. The molecule has 0 bridgehead atoms. The molecule has 0 spiro atoms. The fraction of sp³-hybridized carbons (Fsp3) is 0.545. The van der Waals surface area contributed by atoms with Gasteiger partial charge < -0.3 is 29.9 Å². The molecule has 2 aliphatic carbocycles. The lowest BCUT2D eigenvalue weighted by molar-refractivity contribution is -0.132. The Kier molecular flexibility index (Phi) is 7.98.